The maximum absolute atomic E-state index is 14.3. The number of likely N-dealkylation sites (tertiary alicyclic amines) is 1. The Bertz CT molecular complexity index is 1220. The van der Waals surface area contributed by atoms with Crippen LogP contribution in [0.25, 0.3) is 11.4 Å². The number of hydrogen-bond donors (Lipinski definition) is 0. The Hall–Kier alpha value is -3.47. The molecule has 1 fully saturated rings. The Morgan fingerprint density at radius 3 is 2.61 bits per heavy atom. The second-order valence-electron chi connectivity index (χ2n) is 7.85. The lowest BCUT2D eigenvalue weighted by Gasteiger charge is -2.40. The van der Waals surface area contributed by atoms with Crippen molar-refractivity contribution in [3.05, 3.63) is 64.3 Å². The standard InChI is InChI=1S/C22H18F3N5O2S/c1-12-11-33-28-20(12)18-3-2-17(25)21(27-18)32-16-9-29(10-16)22(31)30-19(4-5-26-30)13-6-14(23)8-15(24)7-13/h2-3,5-8,11,16,19H,4,9-10H2,1H3. The van der Waals surface area contributed by atoms with E-state index in [1.54, 1.807) is 6.07 Å². The van der Waals surface area contributed by atoms with Gasteiger partial charge in [-0.15, -0.1) is 0 Å². The Morgan fingerprint density at radius 1 is 1.15 bits per heavy atom. The zero-order valence-electron chi connectivity index (χ0n) is 17.4. The Balaban J connectivity index is 1.24. The highest BCUT2D eigenvalue weighted by Gasteiger charge is 2.39. The molecule has 1 atom stereocenters. The van der Waals surface area contributed by atoms with Crippen LogP contribution in [-0.2, 0) is 0 Å². The van der Waals surface area contributed by atoms with Gasteiger partial charge in [0.15, 0.2) is 5.82 Å². The molecule has 5 rings (SSSR count). The molecule has 0 radical (unpaired) electrons. The zero-order chi connectivity index (χ0) is 23.1. The maximum atomic E-state index is 14.3. The number of ether oxygens (including phenoxy) is 1. The Morgan fingerprint density at radius 2 is 1.91 bits per heavy atom. The van der Waals surface area contributed by atoms with Crippen LogP contribution in [0, 0.1) is 24.4 Å². The molecule has 33 heavy (non-hydrogen) atoms. The van der Waals surface area contributed by atoms with Crippen molar-refractivity contribution in [3.8, 4) is 17.3 Å². The molecule has 2 aliphatic rings. The summed E-state index contributed by atoms with van der Waals surface area (Å²) in [6, 6.07) is 4.97. The van der Waals surface area contributed by atoms with Crippen molar-refractivity contribution in [2.24, 2.45) is 5.10 Å². The van der Waals surface area contributed by atoms with Gasteiger partial charge >= 0.3 is 6.03 Å². The molecule has 0 bridgehead atoms. The summed E-state index contributed by atoms with van der Waals surface area (Å²) in [4.78, 5) is 18.6. The number of hydrazone groups is 1. The van der Waals surface area contributed by atoms with Crippen LogP contribution < -0.4 is 4.74 Å². The fourth-order valence-corrected chi connectivity index (χ4v) is 4.45. The van der Waals surface area contributed by atoms with E-state index in [9.17, 15) is 18.0 Å². The molecule has 170 valence electrons. The molecule has 7 nitrogen and oxygen atoms in total. The van der Waals surface area contributed by atoms with E-state index in [0.29, 0.717) is 23.4 Å². The monoisotopic (exact) mass is 473 g/mol. The topological polar surface area (TPSA) is 70.9 Å². The first-order chi connectivity index (χ1) is 15.9. The van der Waals surface area contributed by atoms with E-state index >= 15 is 0 Å². The van der Waals surface area contributed by atoms with Crippen molar-refractivity contribution in [2.45, 2.75) is 25.5 Å². The summed E-state index contributed by atoms with van der Waals surface area (Å²) in [7, 11) is 0. The summed E-state index contributed by atoms with van der Waals surface area (Å²) in [5.41, 5.74) is 2.44. The molecule has 2 amide bonds. The van der Waals surface area contributed by atoms with E-state index in [1.165, 1.54) is 45.9 Å². The van der Waals surface area contributed by atoms with Crippen LogP contribution >= 0.6 is 11.5 Å². The van der Waals surface area contributed by atoms with Gasteiger partial charge < -0.3 is 9.64 Å². The van der Waals surface area contributed by atoms with Crippen molar-refractivity contribution >= 4 is 23.8 Å². The molecule has 2 aliphatic heterocycles. The summed E-state index contributed by atoms with van der Waals surface area (Å²) in [5.74, 6) is -2.18. The lowest BCUT2D eigenvalue weighted by molar-refractivity contribution is 0.0231. The number of aromatic nitrogens is 2. The van der Waals surface area contributed by atoms with Crippen LogP contribution in [0.1, 0.15) is 23.6 Å². The van der Waals surface area contributed by atoms with Gasteiger partial charge in [-0.3, -0.25) is 0 Å². The van der Waals surface area contributed by atoms with Gasteiger partial charge in [0.1, 0.15) is 23.4 Å². The molecule has 0 saturated carbocycles. The lowest BCUT2D eigenvalue weighted by atomic mass is 10.0. The Kier molecular flexibility index (Phi) is 5.49. The molecule has 0 N–H and O–H groups in total. The smallest absolute Gasteiger partial charge is 0.341 e. The number of amides is 2. The van der Waals surface area contributed by atoms with Crippen LogP contribution in [0.3, 0.4) is 0 Å². The quantitative estimate of drug-likeness (QED) is 0.558. The first-order valence-corrected chi connectivity index (χ1v) is 11.0. The SMILES string of the molecule is Cc1csnc1-c1ccc(F)c(OC2CN(C(=O)N3N=CCC3c3cc(F)cc(F)c3)C2)n1. The fraction of sp³-hybridized carbons (Fsp3) is 0.273. The number of aryl methyl sites for hydroxylation is 1. The van der Waals surface area contributed by atoms with Crippen LogP contribution in [0.5, 0.6) is 5.88 Å². The first kappa shape index (κ1) is 21.4. The molecule has 1 saturated heterocycles. The number of halogens is 3. The van der Waals surface area contributed by atoms with Crippen LogP contribution in [0.15, 0.2) is 40.8 Å². The third-order valence-electron chi connectivity index (χ3n) is 5.50. The van der Waals surface area contributed by atoms with E-state index in [0.717, 1.165) is 11.6 Å². The van der Waals surface area contributed by atoms with Gasteiger partial charge in [0, 0.05) is 24.1 Å². The second kappa shape index (κ2) is 8.47. The number of urea groups is 1. The van der Waals surface area contributed by atoms with E-state index in [1.807, 2.05) is 12.3 Å². The summed E-state index contributed by atoms with van der Waals surface area (Å²) in [5, 5.41) is 7.16. The van der Waals surface area contributed by atoms with Crippen molar-refractivity contribution < 1.29 is 22.7 Å². The minimum absolute atomic E-state index is 0.149. The fourth-order valence-electron chi connectivity index (χ4n) is 3.79. The molecule has 4 heterocycles. The van der Waals surface area contributed by atoms with Crippen molar-refractivity contribution in [1.82, 2.24) is 19.3 Å². The van der Waals surface area contributed by atoms with Crippen molar-refractivity contribution in [2.75, 3.05) is 13.1 Å². The highest BCUT2D eigenvalue weighted by molar-refractivity contribution is 7.04. The molecule has 0 aliphatic carbocycles. The highest BCUT2D eigenvalue weighted by Crippen LogP contribution is 2.32. The predicted octanol–water partition coefficient (Wildman–Crippen LogP) is 4.55. The predicted molar refractivity (Wildman–Crippen MR) is 115 cm³/mol. The lowest BCUT2D eigenvalue weighted by Crippen LogP contribution is -2.59. The van der Waals surface area contributed by atoms with Gasteiger partial charge in [0.2, 0.25) is 0 Å². The second-order valence-corrected chi connectivity index (χ2v) is 8.48. The van der Waals surface area contributed by atoms with Crippen LogP contribution in [-0.4, -0.2) is 50.7 Å². The van der Waals surface area contributed by atoms with Gasteiger partial charge in [0.05, 0.1) is 24.8 Å². The molecule has 1 unspecified atom stereocenters. The summed E-state index contributed by atoms with van der Waals surface area (Å²) < 4.78 is 51.5. The summed E-state index contributed by atoms with van der Waals surface area (Å²) >= 11 is 1.29. The number of nitrogens with zero attached hydrogens (tertiary/aromatic N) is 5. The zero-order valence-corrected chi connectivity index (χ0v) is 18.2. The third kappa shape index (κ3) is 4.15. The van der Waals surface area contributed by atoms with E-state index in [4.69, 9.17) is 4.74 Å². The number of carbonyl (C=O) groups is 1. The molecule has 0 spiro atoms. The largest absolute Gasteiger partial charge is 0.468 e. The molecule has 2 aromatic heterocycles. The number of pyridine rings is 1. The maximum Gasteiger partial charge on any atom is 0.341 e. The van der Waals surface area contributed by atoms with E-state index in [-0.39, 0.29) is 19.0 Å². The van der Waals surface area contributed by atoms with Gasteiger partial charge in [-0.25, -0.2) is 28.0 Å². The third-order valence-corrected chi connectivity index (χ3v) is 6.24. The Labute approximate surface area is 191 Å². The number of carbonyl (C=O) groups excluding carboxylic acids is 1. The molecule has 11 heteroatoms. The average Bonchev–Trinajstić information content (AvgIpc) is 3.39. The molecular weight excluding hydrogens is 455 g/mol. The van der Waals surface area contributed by atoms with Gasteiger partial charge in [-0.1, -0.05) is 0 Å². The highest BCUT2D eigenvalue weighted by atomic mass is 32.1. The molecule has 1 aromatic carbocycles. The van der Waals surface area contributed by atoms with Gasteiger partial charge in [0.25, 0.3) is 5.88 Å². The summed E-state index contributed by atoms with van der Waals surface area (Å²) in [6.45, 7) is 2.30. The number of hydrogen-bond acceptors (Lipinski definition) is 6. The van der Waals surface area contributed by atoms with Gasteiger partial charge in [-0.2, -0.15) is 9.47 Å². The summed E-state index contributed by atoms with van der Waals surface area (Å²) in [6.07, 6.45) is 1.43. The minimum atomic E-state index is -0.716. The van der Waals surface area contributed by atoms with E-state index < -0.39 is 35.6 Å². The molecule has 3 aromatic rings. The number of rotatable bonds is 4. The van der Waals surface area contributed by atoms with E-state index in [2.05, 4.69) is 14.5 Å². The first-order valence-electron chi connectivity index (χ1n) is 10.2. The normalized spacial score (nSPS) is 18.0. The average molecular weight is 473 g/mol. The van der Waals surface area contributed by atoms with Gasteiger partial charge in [-0.05, 0) is 53.8 Å². The van der Waals surface area contributed by atoms with Crippen molar-refractivity contribution in [1.29, 1.82) is 0 Å². The number of benzene rings is 1. The minimum Gasteiger partial charge on any atom is -0.468 e. The van der Waals surface area contributed by atoms with Crippen LogP contribution in [0.2, 0.25) is 0 Å². The van der Waals surface area contributed by atoms with Crippen molar-refractivity contribution in [3.63, 3.8) is 0 Å². The molecular formula is C22H18F3N5O2S. The van der Waals surface area contributed by atoms with Crippen LogP contribution in [0.4, 0.5) is 18.0 Å².